The fourth-order valence-corrected chi connectivity index (χ4v) is 4.92. The largest absolute Gasteiger partial charge is 0.369 e. The van der Waals surface area contributed by atoms with Crippen LogP contribution in [0, 0.1) is 25.2 Å². The van der Waals surface area contributed by atoms with E-state index in [2.05, 4.69) is 20.5 Å². The Hall–Kier alpha value is -3.19. The van der Waals surface area contributed by atoms with Gasteiger partial charge in [-0.05, 0) is 38.2 Å². The van der Waals surface area contributed by atoms with E-state index in [0.29, 0.717) is 49.5 Å². The van der Waals surface area contributed by atoms with E-state index in [9.17, 15) is 14.4 Å². The van der Waals surface area contributed by atoms with Gasteiger partial charge in [0.1, 0.15) is 5.82 Å². The fourth-order valence-electron chi connectivity index (χ4n) is 4.92. The topological polar surface area (TPSA) is 104 Å². The van der Waals surface area contributed by atoms with E-state index in [1.165, 1.54) is 13.0 Å². The van der Waals surface area contributed by atoms with Crippen molar-refractivity contribution in [1.29, 1.82) is 0 Å². The van der Waals surface area contributed by atoms with E-state index in [1.54, 1.807) is 11.5 Å². The minimum atomic E-state index is -0.570. The number of benzene rings is 1. The highest BCUT2D eigenvalue weighted by Gasteiger charge is 2.34. The number of halogens is 1. The lowest BCUT2D eigenvalue weighted by molar-refractivity contribution is -0.119. The summed E-state index contributed by atoms with van der Waals surface area (Å²) in [6.07, 6.45) is 2.51. The molecular weight excluding hydrogens is 427 g/mol. The molecule has 1 saturated heterocycles. The first-order valence-corrected chi connectivity index (χ1v) is 11.4. The maximum absolute atomic E-state index is 15.3. The Bertz CT molecular complexity index is 1230. The second-order valence-corrected chi connectivity index (χ2v) is 8.96. The van der Waals surface area contributed by atoms with Crippen molar-refractivity contribution in [1.82, 2.24) is 20.2 Å². The average molecular weight is 457 g/mol. The first-order valence-electron chi connectivity index (χ1n) is 11.4. The van der Waals surface area contributed by atoms with Gasteiger partial charge in [0.2, 0.25) is 12.5 Å². The number of amides is 1. The van der Waals surface area contributed by atoms with E-state index in [0.717, 1.165) is 19.3 Å². The molecule has 1 amide bonds. The number of nitrogens with zero attached hydrogens (tertiary/aromatic N) is 3. The number of fused-ring (bicyclic) bond motifs is 1. The molecule has 4 rings (SSSR count). The van der Waals surface area contributed by atoms with Crippen LogP contribution in [0.5, 0.6) is 0 Å². The summed E-state index contributed by atoms with van der Waals surface area (Å²) in [4.78, 5) is 44.0. The van der Waals surface area contributed by atoms with E-state index < -0.39 is 17.1 Å². The zero-order valence-corrected chi connectivity index (χ0v) is 18.9. The smallest absolute Gasteiger partial charge is 0.329 e. The molecule has 2 aliphatic rings. The summed E-state index contributed by atoms with van der Waals surface area (Å²) in [7, 11) is 0. The molecule has 9 nitrogen and oxygen atoms in total. The summed E-state index contributed by atoms with van der Waals surface area (Å²) >= 11 is 0. The van der Waals surface area contributed by atoms with Crippen molar-refractivity contribution in [3.05, 3.63) is 49.7 Å². The molecule has 2 unspecified atom stereocenters. The second kappa shape index (κ2) is 9.35. The van der Waals surface area contributed by atoms with Crippen molar-refractivity contribution in [2.45, 2.75) is 45.2 Å². The van der Waals surface area contributed by atoms with Crippen LogP contribution < -0.4 is 26.8 Å². The summed E-state index contributed by atoms with van der Waals surface area (Å²) in [5.41, 5.74) is 0.508. The van der Waals surface area contributed by atoms with Crippen LogP contribution in [0.25, 0.3) is 15.7 Å². The molecule has 10 heteroatoms. The highest BCUT2D eigenvalue weighted by atomic mass is 19.1. The molecule has 176 valence electrons. The number of aromatic nitrogens is 2. The van der Waals surface area contributed by atoms with Gasteiger partial charge in [0.15, 0.2) is 0 Å². The number of carbonyl (C=O) groups excluding carboxylic acids is 1. The third kappa shape index (κ3) is 4.64. The molecule has 1 saturated carbocycles. The zero-order valence-electron chi connectivity index (χ0n) is 18.9. The lowest BCUT2D eigenvalue weighted by Crippen LogP contribution is -2.46. The predicted molar refractivity (Wildman–Crippen MR) is 124 cm³/mol. The van der Waals surface area contributed by atoms with Gasteiger partial charge in [-0.15, -0.1) is 0 Å². The predicted octanol–water partition coefficient (Wildman–Crippen LogP) is 1.31. The molecule has 0 radical (unpaired) electrons. The summed E-state index contributed by atoms with van der Waals surface area (Å²) in [6.45, 7) is 12.7. The van der Waals surface area contributed by atoms with Gasteiger partial charge < -0.3 is 20.4 Å². The van der Waals surface area contributed by atoms with Crippen molar-refractivity contribution in [2.75, 3.05) is 37.6 Å². The van der Waals surface area contributed by atoms with Crippen LogP contribution in [-0.4, -0.2) is 54.2 Å². The number of aryl methyl sites for hydroxylation is 1. The van der Waals surface area contributed by atoms with Crippen LogP contribution >= 0.6 is 0 Å². The Balaban J connectivity index is 1.66. The quantitative estimate of drug-likeness (QED) is 0.411. The molecule has 2 heterocycles. The number of anilines is 1. The Labute approximate surface area is 190 Å². The second-order valence-electron chi connectivity index (χ2n) is 8.96. The van der Waals surface area contributed by atoms with E-state index in [4.69, 9.17) is 6.57 Å². The van der Waals surface area contributed by atoms with Crippen molar-refractivity contribution in [3.63, 3.8) is 0 Å². The van der Waals surface area contributed by atoms with Crippen molar-refractivity contribution in [2.24, 2.45) is 5.92 Å². The number of carbonyl (C=O) groups is 1. The third-order valence-electron chi connectivity index (χ3n) is 6.61. The van der Waals surface area contributed by atoms with Crippen molar-refractivity contribution < 1.29 is 9.18 Å². The first-order chi connectivity index (χ1) is 15.8. The Morgan fingerprint density at radius 2 is 2.12 bits per heavy atom. The van der Waals surface area contributed by atoms with Gasteiger partial charge in [-0.25, -0.2) is 15.8 Å². The normalized spacial score (nSPS) is 19.0. The molecule has 1 aliphatic carbocycles. The monoisotopic (exact) mass is 456 g/mol. The molecule has 0 spiro atoms. The standard InChI is InChI=1S/C23H29FN6O3/c1-13-20-17(22(32)28-23(33)30(20)16-4-5-16)10-18(24)21(13)29-9-6-15(12-29)19(11-27-14(2)31)26-8-7-25-3/h10,15-16,19,26H,4-9,11-12H2,1-2H3,(H,27,31)(H,28,32,33). The molecule has 3 N–H and O–H groups in total. The van der Waals surface area contributed by atoms with Crippen LogP contribution in [0.2, 0.25) is 0 Å². The maximum Gasteiger partial charge on any atom is 0.329 e. The van der Waals surface area contributed by atoms with Crippen LogP contribution in [0.3, 0.4) is 0 Å². The summed E-state index contributed by atoms with van der Waals surface area (Å²) in [5, 5.41) is 6.39. The Morgan fingerprint density at radius 1 is 1.36 bits per heavy atom. The zero-order chi connectivity index (χ0) is 23.7. The molecule has 1 aromatic heterocycles. The SMILES string of the molecule is [C-]#[N+]CCNC(CNC(C)=O)C1CCN(c2c(F)cc3c(=O)[nH]c(=O)n(C4CC4)c3c2C)C1. The first kappa shape index (κ1) is 23.0. The van der Waals surface area contributed by atoms with E-state index in [1.807, 2.05) is 4.90 Å². The van der Waals surface area contributed by atoms with Crippen molar-refractivity contribution in [3.8, 4) is 0 Å². The molecule has 2 atom stereocenters. The minimum Gasteiger partial charge on any atom is -0.369 e. The minimum absolute atomic E-state index is 0.0360. The van der Waals surface area contributed by atoms with Crippen LogP contribution in [0.4, 0.5) is 10.1 Å². The van der Waals surface area contributed by atoms with E-state index >= 15 is 4.39 Å². The van der Waals surface area contributed by atoms with Gasteiger partial charge in [0.25, 0.3) is 5.56 Å². The summed E-state index contributed by atoms with van der Waals surface area (Å²) < 4.78 is 16.9. The molecule has 1 aliphatic heterocycles. The van der Waals surface area contributed by atoms with Crippen LogP contribution in [0.15, 0.2) is 15.7 Å². The van der Waals surface area contributed by atoms with Gasteiger partial charge in [-0.3, -0.25) is 19.1 Å². The molecule has 2 aromatic rings. The van der Waals surface area contributed by atoms with Crippen LogP contribution in [0.1, 0.15) is 37.8 Å². The highest BCUT2D eigenvalue weighted by Crippen LogP contribution is 2.39. The Kier molecular flexibility index (Phi) is 6.51. The molecule has 0 bridgehead atoms. The number of aromatic amines is 1. The number of hydrogen-bond donors (Lipinski definition) is 3. The lowest BCUT2D eigenvalue weighted by atomic mass is 9.98. The highest BCUT2D eigenvalue weighted by molar-refractivity contribution is 5.87. The lowest BCUT2D eigenvalue weighted by Gasteiger charge is -2.27. The van der Waals surface area contributed by atoms with Crippen molar-refractivity contribution >= 4 is 22.5 Å². The molecule has 33 heavy (non-hydrogen) atoms. The number of H-pyrrole nitrogens is 1. The average Bonchev–Trinajstić information content (AvgIpc) is 3.48. The van der Waals surface area contributed by atoms with Gasteiger partial charge in [-0.2, -0.15) is 0 Å². The molecule has 1 aromatic carbocycles. The maximum atomic E-state index is 15.3. The van der Waals surface area contributed by atoms with Gasteiger partial charge in [0, 0.05) is 44.2 Å². The Morgan fingerprint density at radius 3 is 2.79 bits per heavy atom. The third-order valence-corrected chi connectivity index (χ3v) is 6.61. The number of nitrogens with one attached hydrogen (secondary N) is 3. The summed E-state index contributed by atoms with van der Waals surface area (Å²) in [5.74, 6) is -0.463. The number of hydrogen-bond acceptors (Lipinski definition) is 5. The molecule has 2 fully saturated rings. The number of rotatable bonds is 8. The van der Waals surface area contributed by atoms with Gasteiger partial charge >= 0.3 is 5.69 Å². The fraction of sp³-hybridized carbons (Fsp3) is 0.565. The van der Waals surface area contributed by atoms with Gasteiger partial charge in [0.05, 0.1) is 23.1 Å². The van der Waals surface area contributed by atoms with Crippen LogP contribution in [-0.2, 0) is 4.79 Å². The summed E-state index contributed by atoms with van der Waals surface area (Å²) in [6, 6.07) is 1.23. The van der Waals surface area contributed by atoms with Gasteiger partial charge in [-0.1, -0.05) is 0 Å². The molecular formula is C23H29FN6O3. The van der Waals surface area contributed by atoms with E-state index in [-0.39, 0.29) is 29.3 Å².